The number of benzene rings is 2. The minimum Gasteiger partial charge on any atom is -0.487 e. The van der Waals surface area contributed by atoms with Gasteiger partial charge in [0.25, 0.3) is 0 Å². The van der Waals surface area contributed by atoms with Gasteiger partial charge in [0.05, 0.1) is 6.10 Å². The molecule has 2 heterocycles. The Balaban J connectivity index is 1.26. The average molecular weight is 421 g/mol. The van der Waals surface area contributed by atoms with Gasteiger partial charge in [-0.2, -0.15) is 0 Å². The molecule has 2 aromatic carbocycles. The summed E-state index contributed by atoms with van der Waals surface area (Å²) in [6, 6.07) is 8.24. The number of halogens is 2. The highest BCUT2D eigenvalue weighted by molar-refractivity contribution is 5.38. The molecule has 4 rings (SSSR count). The Morgan fingerprint density at radius 1 is 0.933 bits per heavy atom. The Morgan fingerprint density at radius 2 is 1.57 bits per heavy atom. The number of fused-ring (bicyclic) bond motifs is 2. The zero-order valence-electron chi connectivity index (χ0n) is 16.3. The van der Waals surface area contributed by atoms with Crippen LogP contribution in [0.5, 0.6) is 11.5 Å². The molecule has 0 fully saturated rings. The normalized spacial score (nSPS) is 24.8. The van der Waals surface area contributed by atoms with Crippen LogP contribution >= 0.6 is 0 Å². The molecule has 8 heteroatoms. The van der Waals surface area contributed by atoms with Crippen molar-refractivity contribution >= 4 is 0 Å². The number of nitrogens with one attached hydrogen (secondary N) is 1. The molecule has 2 aliphatic rings. The first kappa shape index (κ1) is 21.0. The summed E-state index contributed by atoms with van der Waals surface area (Å²) in [5.74, 6) is 0.162. The van der Waals surface area contributed by atoms with Crippen LogP contribution in [0, 0.1) is 11.6 Å². The molecule has 5 atom stereocenters. The Bertz CT molecular complexity index is 896. The molecule has 0 spiro atoms. The molecule has 162 valence electrons. The molecule has 2 aliphatic heterocycles. The van der Waals surface area contributed by atoms with Crippen LogP contribution in [0.4, 0.5) is 8.78 Å². The monoisotopic (exact) mass is 421 g/mol. The van der Waals surface area contributed by atoms with E-state index in [2.05, 4.69) is 5.32 Å². The zero-order chi connectivity index (χ0) is 21.3. The van der Waals surface area contributed by atoms with E-state index in [0.717, 1.165) is 5.56 Å². The van der Waals surface area contributed by atoms with Crippen LogP contribution in [0.2, 0.25) is 0 Å². The van der Waals surface area contributed by atoms with Gasteiger partial charge in [0.1, 0.15) is 47.5 Å². The van der Waals surface area contributed by atoms with Crippen molar-refractivity contribution in [1.82, 2.24) is 5.32 Å². The molecule has 30 heavy (non-hydrogen) atoms. The summed E-state index contributed by atoms with van der Waals surface area (Å²) in [7, 11) is 0. The minimum atomic E-state index is -0.930. The average Bonchev–Trinajstić information content (AvgIpc) is 2.73. The highest BCUT2D eigenvalue weighted by Gasteiger charge is 2.32. The van der Waals surface area contributed by atoms with Gasteiger partial charge in [0.15, 0.2) is 0 Å². The van der Waals surface area contributed by atoms with Gasteiger partial charge in [-0.1, -0.05) is 0 Å². The lowest BCUT2D eigenvalue weighted by Crippen LogP contribution is -2.46. The van der Waals surface area contributed by atoms with E-state index in [0.29, 0.717) is 29.9 Å². The van der Waals surface area contributed by atoms with Crippen LogP contribution in [0.1, 0.15) is 30.1 Å². The van der Waals surface area contributed by atoms with Gasteiger partial charge in [-0.3, -0.25) is 0 Å². The maximum absolute atomic E-state index is 13.3. The van der Waals surface area contributed by atoms with Crippen molar-refractivity contribution in [3.05, 3.63) is 59.2 Å². The second-order valence-electron chi connectivity index (χ2n) is 7.83. The first-order chi connectivity index (χ1) is 14.4. The second-order valence-corrected chi connectivity index (χ2v) is 7.83. The molecule has 0 amide bonds. The van der Waals surface area contributed by atoms with Gasteiger partial charge in [0, 0.05) is 25.1 Å². The molecular weight excluding hydrogens is 396 g/mol. The molecule has 0 saturated carbocycles. The van der Waals surface area contributed by atoms with E-state index in [1.165, 1.54) is 30.3 Å². The van der Waals surface area contributed by atoms with Gasteiger partial charge in [-0.25, -0.2) is 8.78 Å². The number of ether oxygens (including phenoxy) is 2. The largest absolute Gasteiger partial charge is 0.487 e. The maximum Gasteiger partial charge on any atom is 0.129 e. The van der Waals surface area contributed by atoms with Crippen molar-refractivity contribution < 1.29 is 33.6 Å². The molecule has 0 bridgehead atoms. The van der Waals surface area contributed by atoms with Crippen molar-refractivity contribution in [3.63, 3.8) is 0 Å². The van der Waals surface area contributed by atoms with E-state index in [4.69, 9.17) is 9.47 Å². The maximum atomic E-state index is 13.3. The molecule has 0 saturated heterocycles. The van der Waals surface area contributed by atoms with E-state index in [1.807, 2.05) is 0 Å². The summed E-state index contributed by atoms with van der Waals surface area (Å²) in [6.45, 7) is 0.328. The van der Waals surface area contributed by atoms with Gasteiger partial charge >= 0.3 is 0 Å². The molecule has 2 aromatic rings. The molecule has 6 nitrogen and oxygen atoms in total. The van der Waals surface area contributed by atoms with E-state index in [9.17, 15) is 24.1 Å². The Morgan fingerprint density at radius 3 is 2.33 bits per heavy atom. The topological polar surface area (TPSA) is 91.2 Å². The lowest BCUT2D eigenvalue weighted by Gasteiger charge is -2.33. The fourth-order valence-electron chi connectivity index (χ4n) is 3.97. The second kappa shape index (κ2) is 8.85. The Labute approximate surface area is 173 Å². The summed E-state index contributed by atoms with van der Waals surface area (Å²) in [6.07, 6.45) is -2.43. The number of aliphatic hydroxyl groups is 3. The number of hydrogen-bond acceptors (Lipinski definition) is 6. The van der Waals surface area contributed by atoms with E-state index in [-0.39, 0.29) is 25.3 Å². The molecule has 0 unspecified atom stereocenters. The van der Waals surface area contributed by atoms with Crippen LogP contribution < -0.4 is 14.8 Å². The van der Waals surface area contributed by atoms with Crippen LogP contribution in [-0.4, -0.2) is 52.8 Å². The van der Waals surface area contributed by atoms with Crippen LogP contribution in [0.15, 0.2) is 36.4 Å². The van der Waals surface area contributed by atoms with Crippen molar-refractivity contribution in [3.8, 4) is 11.5 Å². The Kier molecular flexibility index (Phi) is 6.19. The lowest BCUT2D eigenvalue weighted by molar-refractivity contribution is -0.0175. The van der Waals surface area contributed by atoms with Crippen LogP contribution in [0.25, 0.3) is 0 Å². The van der Waals surface area contributed by atoms with Gasteiger partial charge in [0.2, 0.25) is 0 Å². The first-order valence-corrected chi connectivity index (χ1v) is 10.1. The molecular formula is C22H25F2NO5. The molecule has 0 aliphatic carbocycles. The highest BCUT2D eigenvalue weighted by atomic mass is 19.1. The van der Waals surface area contributed by atoms with Gasteiger partial charge < -0.3 is 30.1 Å². The number of aryl methyl sites for hydroxylation is 1. The predicted molar refractivity (Wildman–Crippen MR) is 104 cm³/mol. The summed E-state index contributed by atoms with van der Waals surface area (Å²) in [5, 5.41) is 34.1. The fraction of sp³-hybridized carbons (Fsp3) is 0.455. The van der Waals surface area contributed by atoms with Crippen LogP contribution in [-0.2, 0) is 6.42 Å². The van der Waals surface area contributed by atoms with Gasteiger partial charge in [-0.05, 0) is 54.8 Å². The lowest BCUT2D eigenvalue weighted by atomic mass is 9.96. The molecule has 0 aromatic heterocycles. The number of rotatable bonds is 6. The van der Waals surface area contributed by atoms with Crippen LogP contribution in [0.3, 0.4) is 0 Å². The third-order valence-electron chi connectivity index (χ3n) is 5.63. The van der Waals surface area contributed by atoms with Crippen molar-refractivity contribution in [2.45, 2.75) is 49.8 Å². The van der Waals surface area contributed by atoms with Gasteiger partial charge in [-0.15, -0.1) is 0 Å². The SMILES string of the molecule is O[C@H](CNC[C@H](O)[C@@H]1C[C@H](O)c2cc(F)ccc2O1)[C@@H]1CCc2cc(F)ccc2O1. The minimum absolute atomic E-state index is 0.138. The number of hydrogen-bond donors (Lipinski definition) is 4. The molecule has 0 radical (unpaired) electrons. The van der Waals surface area contributed by atoms with E-state index in [1.54, 1.807) is 6.07 Å². The third-order valence-corrected chi connectivity index (χ3v) is 5.63. The summed E-state index contributed by atoms with van der Waals surface area (Å²) in [5.41, 5.74) is 1.16. The van der Waals surface area contributed by atoms with E-state index >= 15 is 0 Å². The first-order valence-electron chi connectivity index (χ1n) is 10.1. The van der Waals surface area contributed by atoms with Crippen molar-refractivity contribution in [2.75, 3.05) is 13.1 Å². The fourth-order valence-corrected chi connectivity index (χ4v) is 3.97. The summed E-state index contributed by atoms with van der Waals surface area (Å²) < 4.78 is 38.1. The standard InChI is InChI=1S/C22H25F2NO5/c23-13-2-5-19-12(7-13)1-4-21(29-19)17(27)10-25-11-18(28)22-9-16(26)15-8-14(24)3-6-20(15)30-22/h2-3,5-8,16-18,21-22,25-28H,1,4,9-11H2/t16-,17+,18-,21-,22-/m0/s1. The highest BCUT2D eigenvalue weighted by Crippen LogP contribution is 2.36. The summed E-state index contributed by atoms with van der Waals surface area (Å²) in [4.78, 5) is 0. The van der Waals surface area contributed by atoms with Crippen molar-refractivity contribution in [2.24, 2.45) is 0 Å². The molecule has 4 N–H and O–H groups in total. The van der Waals surface area contributed by atoms with Crippen molar-refractivity contribution in [1.29, 1.82) is 0 Å². The smallest absolute Gasteiger partial charge is 0.129 e. The Hall–Kier alpha value is -2.26. The summed E-state index contributed by atoms with van der Waals surface area (Å²) >= 11 is 0. The number of aliphatic hydroxyl groups excluding tert-OH is 3. The zero-order valence-corrected chi connectivity index (χ0v) is 16.3. The predicted octanol–water partition coefficient (Wildman–Crippen LogP) is 1.85. The third kappa shape index (κ3) is 4.57. The van der Waals surface area contributed by atoms with E-state index < -0.39 is 36.3 Å². The quantitative estimate of drug-likeness (QED) is 0.569.